The minimum absolute atomic E-state index is 0.0527. The Morgan fingerprint density at radius 1 is 1.33 bits per heavy atom. The maximum absolute atomic E-state index is 11.1. The van der Waals surface area contributed by atoms with Crippen LogP contribution in [0, 0.1) is 17.0 Å². The van der Waals surface area contributed by atoms with E-state index in [1.807, 2.05) is 6.92 Å². The van der Waals surface area contributed by atoms with Crippen LogP contribution in [0.1, 0.15) is 5.56 Å². The zero-order valence-corrected chi connectivity index (χ0v) is 13.7. The van der Waals surface area contributed by atoms with E-state index in [9.17, 15) is 15.2 Å². The van der Waals surface area contributed by atoms with Gasteiger partial charge in [-0.05, 0) is 30.7 Å². The van der Waals surface area contributed by atoms with Crippen LogP contribution in [0.2, 0.25) is 5.02 Å². The SMILES string of the molecule is Cc1cc(Cl)ccc1Oc1cc(NCC(O)CO)cc([N+](=O)[O-])c1. The first-order chi connectivity index (χ1) is 11.4. The molecule has 3 N–H and O–H groups in total. The summed E-state index contributed by atoms with van der Waals surface area (Å²) in [5, 5.41) is 32.7. The molecular weight excluding hydrogens is 336 g/mol. The molecule has 0 aliphatic heterocycles. The van der Waals surface area contributed by atoms with Crippen molar-refractivity contribution in [1.29, 1.82) is 0 Å². The first-order valence-electron chi connectivity index (χ1n) is 7.15. The molecule has 7 nitrogen and oxygen atoms in total. The van der Waals surface area contributed by atoms with E-state index in [1.165, 1.54) is 12.1 Å². The zero-order chi connectivity index (χ0) is 17.7. The van der Waals surface area contributed by atoms with Gasteiger partial charge in [0.2, 0.25) is 0 Å². The molecule has 2 aromatic carbocycles. The number of aliphatic hydroxyl groups is 2. The Bertz CT molecular complexity index is 738. The number of ether oxygens (including phenoxy) is 1. The monoisotopic (exact) mass is 352 g/mol. The lowest BCUT2D eigenvalue weighted by Gasteiger charge is -2.13. The molecular formula is C16H17ClN2O5. The third-order valence-corrected chi connectivity index (χ3v) is 3.45. The van der Waals surface area contributed by atoms with Gasteiger partial charge < -0.3 is 20.3 Å². The van der Waals surface area contributed by atoms with E-state index in [4.69, 9.17) is 21.4 Å². The van der Waals surface area contributed by atoms with Crippen molar-refractivity contribution in [3.8, 4) is 11.5 Å². The minimum Gasteiger partial charge on any atom is -0.457 e. The second-order valence-corrected chi connectivity index (χ2v) is 5.64. The Hall–Kier alpha value is -2.35. The first-order valence-corrected chi connectivity index (χ1v) is 7.53. The second-order valence-electron chi connectivity index (χ2n) is 5.20. The second kappa shape index (κ2) is 7.96. The number of aliphatic hydroxyl groups excluding tert-OH is 2. The quantitative estimate of drug-likeness (QED) is 0.522. The predicted octanol–water partition coefficient (Wildman–Crippen LogP) is 3.11. The van der Waals surface area contributed by atoms with Gasteiger partial charge in [0.15, 0.2) is 0 Å². The average molecular weight is 353 g/mol. The summed E-state index contributed by atoms with van der Waals surface area (Å²) < 4.78 is 5.71. The first kappa shape index (κ1) is 18.0. The van der Waals surface area contributed by atoms with Gasteiger partial charge in [-0.15, -0.1) is 0 Å². The van der Waals surface area contributed by atoms with E-state index in [0.717, 1.165) is 5.56 Å². The normalized spacial score (nSPS) is 11.8. The van der Waals surface area contributed by atoms with Crippen molar-refractivity contribution >= 4 is 23.0 Å². The van der Waals surface area contributed by atoms with Gasteiger partial charge in [-0.25, -0.2) is 0 Å². The smallest absolute Gasteiger partial charge is 0.275 e. The molecule has 0 bridgehead atoms. The summed E-state index contributed by atoms with van der Waals surface area (Å²) in [6, 6.07) is 9.28. The molecule has 1 atom stereocenters. The number of hydrogen-bond acceptors (Lipinski definition) is 6. The van der Waals surface area contributed by atoms with Crippen LogP contribution in [-0.2, 0) is 0 Å². The number of nitro benzene ring substituents is 1. The van der Waals surface area contributed by atoms with Crippen molar-refractivity contribution in [2.24, 2.45) is 0 Å². The molecule has 0 heterocycles. The highest BCUT2D eigenvalue weighted by atomic mass is 35.5. The number of nitrogens with zero attached hydrogens (tertiary/aromatic N) is 1. The molecule has 128 valence electrons. The Balaban J connectivity index is 2.27. The Kier molecular flexibility index (Phi) is 5.97. The van der Waals surface area contributed by atoms with E-state index in [0.29, 0.717) is 16.5 Å². The van der Waals surface area contributed by atoms with E-state index < -0.39 is 17.6 Å². The van der Waals surface area contributed by atoms with Gasteiger partial charge in [0.05, 0.1) is 23.7 Å². The zero-order valence-electron chi connectivity index (χ0n) is 12.9. The third kappa shape index (κ3) is 4.82. The number of halogens is 1. The fraction of sp³-hybridized carbons (Fsp3) is 0.250. The predicted molar refractivity (Wildman–Crippen MR) is 90.9 cm³/mol. The van der Waals surface area contributed by atoms with Crippen molar-refractivity contribution < 1.29 is 19.9 Å². The number of aryl methyl sites for hydroxylation is 1. The molecule has 0 amide bonds. The summed E-state index contributed by atoms with van der Waals surface area (Å²) in [4.78, 5) is 10.5. The van der Waals surface area contributed by atoms with Gasteiger partial charge in [-0.3, -0.25) is 10.1 Å². The number of hydrogen-bond donors (Lipinski definition) is 3. The molecule has 24 heavy (non-hydrogen) atoms. The van der Waals surface area contributed by atoms with Crippen molar-refractivity contribution in [2.45, 2.75) is 13.0 Å². The standard InChI is InChI=1S/C16H17ClN2O5/c1-10-4-11(17)2-3-16(10)24-15-6-12(18-8-14(21)9-20)5-13(7-15)19(22)23/h2-7,14,18,20-21H,8-9H2,1H3. The van der Waals surface area contributed by atoms with Crippen molar-refractivity contribution in [1.82, 2.24) is 0 Å². The highest BCUT2D eigenvalue weighted by Crippen LogP contribution is 2.32. The van der Waals surface area contributed by atoms with Gasteiger partial charge in [-0.2, -0.15) is 0 Å². The highest BCUT2D eigenvalue weighted by Gasteiger charge is 2.13. The Morgan fingerprint density at radius 3 is 2.71 bits per heavy atom. The van der Waals surface area contributed by atoms with Crippen LogP contribution in [0.25, 0.3) is 0 Å². The molecule has 1 unspecified atom stereocenters. The number of anilines is 1. The summed E-state index contributed by atoms with van der Waals surface area (Å²) in [5.41, 5.74) is 1.04. The molecule has 0 saturated heterocycles. The molecule has 0 aromatic heterocycles. The van der Waals surface area contributed by atoms with Gasteiger partial charge in [0.1, 0.15) is 11.5 Å². The highest BCUT2D eigenvalue weighted by molar-refractivity contribution is 6.30. The fourth-order valence-corrected chi connectivity index (χ4v) is 2.23. The van der Waals surface area contributed by atoms with Gasteiger partial charge >= 0.3 is 0 Å². The van der Waals surface area contributed by atoms with Crippen LogP contribution < -0.4 is 10.1 Å². The summed E-state index contributed by atoms with van der Waals surface area (Å²) in [6.07, 6.45) is -0.966. The summed E-state index contributed by atoms with van der Waals surface area (Å²) in [7, 11) is 0. The number of nitro groups is 1. The van der Waals surface area contributed by atoms with Crippen molar-refractivity contribution in [3.05, 3.63) is 57.1 Å². The number of rotatable bonds is 7. The molecule has 0 saturated carbocycles. The lowest BCUT2D eigenvalue weighted by molar-refractivity contribution is -0.384. The van der Waals surface area contributed by atoms with Gasteiger partial charge in [0, 0.05) is 29.4 Å². The van der Waals surface area contributed by atoms with Gasteiger partial charge in [-0.1, -0.05) is 11.6 Å². The van der Waals surface area contributed by atoms with E-state index in [1.54, 1.807) is 24.3 Å². The Morgan fingerprint density at radius 2 is 2.08 bits per heavy atom. The Labute approximate surface area is 143 Å². The van der Waals surface area contributed by atoms with Crippen LogP contribution in [0.3, 0.4) is 0 Å². The van der Waals surface area contributed by atoms with Crippen LogP contribution in [0.15, 0.2) is 36.4 Å². The van der Waals surface area contributed by atoms with Crippen LogP contribution in [-0.4, -0.2) is 34.4 Å². The molecule has 0 radical (unpaired) electrons. The minimum atomic E-state index is -0.966. The fourth-order valence-electron chi connectivity index (χ4n) is 2.00. The molecule has 0 aliphatic rings. The molecule has 8 heteroatoms. The van der Waals surface area contributed by atoms with E-state index in [-0.39, 0.29) is 18.0 Å². The van der Waals surface area contributed by atoms with Crippen LogP contribution in [0.4, 0.5) is 11.4 Å². The number of non-ortho nitro benzene ring substituents is 1. The molecule has 2 rings (SSSR count). The molecule has 0 spiro atoms. The average Bonchev–Trinajstić information content (AvgIpc) is 2.55. The van der Waals surface area contributed by atoms with Crippen LogP contribution >= 0.6 is 11.6 Å². The van der Waals surface area contributed by atoms with Crippen molar-refractivity contribution in [3.63, 3.8) is 0 Å². The summed E-state index contributed by atoms with van der Waals surface area (Å²) in [6.45, 7) is 1.46. The number of benzene rings is 2. The van der Waals surface area contributed by atoms with Gasteiger partial charge in [0.25, 0.3) is 5.69 Å². The number of nitrogens with one attached hydrogen (secondary N) is 1. The summed E-state index contributed by atoms with van der Waals surface area (Å²) >= 11 is 5.90. The van der Waals surface area contributed by atoms with Crippen LogP contribution in [0.5, 0.6) is 11.5 Å². The van der Waals surface area contributed by atoms with E-state index >= 15 is 0 Å². The topological polar surface area (TPSA) is 105 Å². The summed E-state index contributed by atoms with van der Waals surface area (Å²) in [5.74, 6) is 0.803. The molecule has 0 aliphatic carbocycles. The largest absolute Gasteiger partial charge is 0.457 e. The third-order valence-electron chi connectivity index (χ3n) is 3.22. The molecule has 0 fully saturated rings. The lowest BCUT2D eigenvalue weighted by atomic mass is 10.2. The van der Waals surface area contributed by atoms with E-state index in [2.05, 4.69) is 5.32 Å². The lowest BCUT2D eigenvalue weighted by Crippen LogP contribution is -2.22. The van der Waals surface area contributed by atoms with Crippen molar-refractivity contribution in [2.75, 3.05) is 18.5 Å². The maximum atomic E-state index is 11.1. The molecule has 2 aromatic rings. The maximum Gasteiger partial charge on any atom is 0.275 e.